The van der Waals surface area contributed by atoms with E-state index in [4.69, 9.17) is 15.0 Å². The van der Waals surface area contributed by atoms with Crippen molar-refractivity contribution in [3.05, 3.63) is 152 Å². The van der Waals surface area contributed by atoms with Crippen molar-refractivity contribution >= 4 is 54.5 Å². The Morgan fingerprint density at radius 2 is 0.935 bits per heavy atom. The summed E-state index contributed by atoms with van der Waals surface area (Å²) in [5.74, 6) is 1.95. The lowest BCUT2D eigenvalue weighted by molar-refractivity contribution is 1.07. The van der Waals surface area contributed by atoms with Gasteiger partial charge in [0.05, 0.1) is 27.6 Å². The van der Waals surface area contributed by atoms with E-state index in [2.05, 4.69) is 99.9 Å². The fraction of sp³-hybridized carbons (Fsp3) is 0. The normalized spacial score (nSPS) is 11.9. The maximum absolute atomic E-state index is 5.04. The highest BCUT2D eigenvalue weighted by atomic mass is 15.0. The molecule has 0 spiro atoms. The lowest BCUT2D eigenvalue weighted by atomic mass is 10.1. The summed E-state index contributed by atoms with van der Waals surface area (Å²) in [6.45, 7) is 0. The Bertz CT molecular complexity index is 2740. The van der Waals surface area contributed by atoms with Crippen LogP contribution >= 0.6 is 0 Å². The van der Waals surface area contributed by atoms with Crippen molar-refractivity contribution in [3.8, 4) is 34.2 Å². The first kappa shape index (κ1) is 25.0. The molecule has 0 saturated carbocycles. The molecule has 10 aromatic rings. The molecule has 0 aliphatic rings. The number of rotatable bonds is 3. The first-order chi connectivity index (χ1) is 22.8. The lowest BCUT2D eigenvalue weighted by Crippen LogP contribution is -2.00. The molecule has 0 radical (unpaired) electrons. The predicted octanol–water partition coefficient (Wildman–Crippen LogP) is 9.99. The smallest absolute Gasteiger partial charge is 0.164 e. The van der Waals surface area contributed by atoms with E-state index < -0.39 is 0 Å². The minimum absolute atomic E-state index is 0.644. The van der Waals surface area contributed by atoms with E-state index in [9.17, 15) is 0 Å². The largest absolute Gasteiger partial charge is 0.314 e. The third kappa shape index (κ3) is 3.60. The second-order valence-corrected chi connectivity index (χ2v) is 11.7. The van der Waals surface area contributed by atoms with E-state index in [0.29, 0.717) is 17.5 Å². The summed E-state index contributed by atoms with van der Waals surface area (Å²) in [6, 6.07) is 51.0. The fourth-order valence-corrected chi connectivity index (χ4v) is 7.08. The van der Waals surface area contributed by atoms with Gasteiger partial charge in [-0.3, -0.25) is 0 Å². The zero-order valence-corrected chi connectivity index (χ0v) is 24.7. The summed E-state index contributed by atoms with van der Waals surface area (Å²) in [6.07, 6.45) is 2.19. The first-order valence-corrected chi connectivity index (χ1v) is 15.5. The van der Waals surface area contributed by atoms with E-state index in [1.54, 1.807) is 0 Å². The Morgan fingerprint density at radius 3 is 1.65 bits per heavy atom. The summed E-state index contributed by atoms with van der Waals surface area (Å²) in [7, 11) is 0. The van der Waals surface area contributed by atoms with E-state index in [1.165, 1.54) is 43.5 Å². The Labute approximate surface area is 263 Å². The van der Waals surface area contributed by atoms with Crippen molar-refractivity contribution in [2.45, 2.75) is 0 Å². The molecule has 0 N–H and O–H groups in total. The van der Waals surface area contributed by atoms with E-state index in [1.807, 2.05) is 60.7 Å². The highest BCUT2D eigenvalue weighted by Crippen LogP contribution is 2.39. The average Bonchev–Trinajstić information content (AvgIpc) is 3.71. The van der Waals surface area contributed by atoms with Crippen molar-refractivity contribution < 1.29 is 0 Å². The van der Waals surface area contributed by atoms with Crippen LogP contribution in [0, 0.1) is 0 Å². The molecule has 5 heteroatoms. The quantitative estimate of drug-likeness (QED) is 0.207. The molecular weight excluding hydrogens is 562 g/mol. The summed E-state index contributed by atoms with van der Waals surface area (Å²) in [5.41, 5.74) is 8.68. The molecule has 214 valence electrons. The minimum Gasteiger partial charge on any atom is -0.314 e. The van der Waals surface area contributed by atoms with Crippen LogP contribution in [-0.2, 0) is 0 Å². The molecule has 0 aliphatic heterocycles. The van der Waals surface area contributed by atoms with Gasteiger partial charge in [0.25, 0.3) is 0 Å². The van der Waals surface area contributed by atoms with Gasteiger partial charge in [0, 0.05) is 49.8 Å². The van der Waals surface area contributed by atoms with Gasteiger partial charge in [-0.2, -0.15) is 0 Å². The molecule has 0 fully saturated rings. The van der Waals surface area contributed by atoms with Gasteiger partial charge in [-0.25, -0.2) is 15.0 Å². The van der Waals surface area contributed by atoms with Gasteiger partial charge in [0.1, 0.15) is 0 Å². The average molecular weight is 588 g/mol. The highest BCUT2D eigenvalue weighted by Gasteiger charge is 2.18. The van der Waals surface area contributed by atoms with Gasteiger partial charge in [-0.05, 0) is 24.3 Å². The molecule has 0 amide bonds. The Kier molecular flexibility index (Phi) is 5.22. The molecule has 0 aliphatic carbocycles. The number of aromatic nitrogens is 5. The second-order valence-electron chi connectivity index (χ2n) is 11.7. The van der Waals surface area contributed by atoms with Crippen LogP contribution in [0.4, 0.5) is 0 Å². The van der Waals surface area contributed by atoms with Gasteiger partial charge in [-0.1, -0.05) is 121 Å². The number of hydrogen-bond acceptors (Lipinski definition) is 3. The number of hydrogen-bond donors (Lipinski definition) is 0. The Hall–Kier alpha value is -6.33. The van der Waals surface area contributed by atoms with Gasteiger partial charge in [0.15, 0.2) is 17.5 Å². The van der Waals surface area contributed by atoms with Crippen LogP contribution in [0.3, 0.4) is 0 Å². The Morgan fingerprint density at radius 1 is 0.370 bits per heavy atom. The molecule has 0 bridgehead atoms. The molecule has 4 heterocycles. The summed E-state index contributed by atoms with van der Waals surface area (Å²) >= 11 is 0. The molecular formula is C41H25N5. The van der Waals surface area contributed by atoms with Crippen LogP contribution in [0.5, 0.6) is 0 Å². The second kappa shape index (κ2) is 9.58. The molecule has 4 aromatic heterocycles. The molecule has 5 nitrogen and oxygen atoms in total. The van der Waals surface area contributed by atoms with Crippen LogP contribution in [0.15, 0.2) is 152 Å². The Balaban J connectivity index is 1.35. The maximum Gasteiger partial charge on any atom is 0.164 e. The molecule has 0 atom stereocenters. The van der Waals surface area contributed by atoms with Gasteiger partial charge >= 0.3 is 0 Å². The fourth-order valence-electron chi connectivity index (χ4n) is 7.08. The number of benzene rings is 6. The third-order valence-electron chi connectivity index (χ3n) is 9.13. The first-order valence-electron chi connectivity index (χ1n) is 15.5. The predicted molar refractivity (Wildman–Crippen MR) is 188 cm³/mol. The summed E-state index contributed by atoms with van der Waals surface area (Å²) in [5, 5.41) is 6.03. The van der Waals surface area contributed by atoms with Crippen molar-refractivity contribution in [1.82, 2.24) is 23.8 Å². The molecule has 10 rings (SSSR count). The number of nitrogens with zero attached hydrogens (tertiary/aromatic N) is 5. The van der Waals surface area contributed by atoms with Crippen LogP contribution in [0.2, 0.25) is 0 Å². The van der Waals surface area contributed by atoms with Crippen molar-refractivity contribution in [1.29, 1.82) is 0 Å². The monoisotopic (exact) mass is 587 g/mol. The molecule has 0 saturated heterocycles. The van der Waals surface area contributed by atoms with E-state index in [-0.39, 0.29) is 0 Å². The van der Waals surface area contributed by atoms with Crippen LogP contribution in [-0.4, -0.2) is 23.8 Å². The highest BCUT2D eigenvalue weighted by molar-refractivity contribution is 6.21. The van der Waals surface area contributed by atoms with Crippen LogP contribution in [0.1, 0.15) is 0 Å². The molecule has 6 aromatic carbocycles. The van der Waals surface area contributed by atoms with E-state index >= 15 is 0 Å². The van der Waals surface area contributed by atoms with Crippen LogP contribution in [0.25, 0.3) is 88.7 Å². The SMILES string of the molecule is c1ccc(-c2nc(-c3ccccc3)nc(-c3ccc4c5cccc6c7ccccc7n7ccc8cccc(c87)n(c4c3)c65)n2)cc1. The number of fused-ring (bicyclic) bond motifs is 7. The lowest BCUT2D eigenvalue weighted by Gasteiger charge is -2.11. The zero-order valence-electron chi connectivity index (χ0n) is 24.7. The topological polar surface area (TPSA) is 47.5 Å². The molecule has 46 heavy (non-hydrogen) atoms. The van der Waals surface area contributed by atoms with E-state index in [0.717, 1.165) is 27.7 Å². The molecule has 0 unspecified atom stereocenters. The maximum atomic E-state index is 5.04. The van der Waals surface area contributed by atoms with Crippen molar-refractivity contribution in [2.75, 3.05) is 0 Å². The van der Waals surface area contributed by atoms with Gasteiger partial charge < -0.3 is 8.80 Å². The van der Waals surface area contributed by atoms with Crippen molar-refractivity contribution in [2.24, 2.45) is 0 Å². The van der Waals surface area contributed by atoms with Gasteiger partial charge in [-0.15, -0.1) is 0 Å². The standard InChI is InChI=1S/C41H25N5/c1-3-11-27(12-4-1)39-42-40(28-13-5-2-6-14-28)44-41(43-39)29-21-22-31-33-18-10-17-32-30-16-7-8-19-34(30)45-24-23-26-15-9-20-35(37(26)45)46(38(32)33)36(31)25-29/h1-25H. The van der Waals surface area contributed by atoms with Gasteiger partial charge in [0.2, 0.25) is 0 Å². The van der Waals surface area contributed by atoms with Crippen molar-refractivity contribution in [3.63, 3.8) is 0 Å². The zero-order chi connectivity index (χ0) is 30.2. The summed E-state index contributed by atoms with van der Waals surface area (Å²) in [4.78, 5) is 15.0. The third-order valence-corrected chi connectivity index (χ3v) is 9.13. The number of para-hydroxylation sites is 3. The summed E-state index contributed by atoms with van der Waals surface area (Å²) < 4.78 is 4.78. The van der Waals surface area contributed by atoms with Crippen LogP contribution < -0.4 is 0 Å². The minimum atomic E-state index is 0.644.